The van der Waals surface area contributed by atoms with Gasteiger partial charge in [0.15, 0.2) is 11.3 Å². The van der Waals surface area contributed by atoms with Crippen molar-refractivity contribution in [1.29, 1.82) is 0 Å². The molecule has 25 heavy (non-hydrogen) atoms. The number of azo groups is 1. The van der Waals surface area contributed by atoms with Crippen LogP contribution in [0.25, 0.3) is 0 Å². The number of ether oxygens (including phenoxy) is 1. The predicted molar refractivity (Wildman–Crippen MR) is 92.2 cm³/mol. The summed E-state index contributed by atoms with van der Waals surface area (Å²) in [5.74, 6) is -0.670. The van der Waals surface area contributed by atoms with Crippen molar-refractivity contribution in [2.75, 3.05) is 13.7 Å². The van der Waals surface area contributed by atoms with E-state index in [0.717, 1.165) is 22.3 Å². The van der Waals surface area contributed by atoms with Gasteiger partial charge in [-0.25, -0.2) is 4.79 Å². The molecule has 0 N–H and O–H groups in total. The molecule has 2 aromatic carbocycles. The molecule has 5 nitrogen and oxygen atoms in total. The Kier molecular flexibility index (Phi) is 3.53. The molecule has 1 aliphatic carbocycles. The molecule has 0 radical (unpaired) electrons. The van der Waals surface area contributed by atoms with Gasteiger partial charge in [-0.1, -0.05) is 36.4 Å². The van der Waals surface area contributed by atoms with E-state index in [9.17, 15) is 9.59 Å². The quantitative estimate of drug-likeness (QED) is 0.789. The molecule has 0 fully saturated rings. The number of hydrogen-bond acceptors (Lipinski definition) is 5. The summed E-state index contributed by atoms with van der Waals surface area (Å²) >= 11 is 0. The van der Waals surface area contributed by atoms with Crippen molar-refractivity contribution < 1.29 is 14.3 Å². The lowest BCUT2D eigenvalue weighted by atomic mass is 9.76. The fourth-order valence-corrected chi connectivity index (χ4v) is 4.02. The van der Waals surface area contributed by atoms with E-state index in [1.54, 1.807) is 12.1 Å². The second kappa shape index (κ2) is 5.62. The zero-order chi connectivity index (χ0) is 17.6. The number of carbonyl (C=O) groups is 2. The number of Topliss-reactive ketones (excluding diaryl/α,β-unsaturated/α-hetero) is 1. The van der Waals surface area contributed by atoms with Crippen molar-refractivity contribution in [3.8, 4) is 0 Å². The molecule has 2 aromatic rings. The molecule has 0 bridgehead atoms. The van der Waals surface area contributed by atoms with Gasteiger partial charge in [-0.3, -0.25) is 4.79 Å². The van der Waals surface area contributed by atoms with Crippen LogP contribution in [0.2, 0.25) is 0 Å². The van der Waals surface area contributed by atoms with Gasteiger partial charge >= 0.3 is 5.97 Å². The van der Waals surface area contributed by atoms with Gasteiger partial charge in [0.05, 0.1) is 19.2 Å². The first-order chi connectivity index (χ1) is 12.1. The Morgan fingerprint density at radius 3 is 2.76 bits per heavy atom. The molecule has 0 unspecified atom stereocenters. The minimum Gasteiger partial charge on any atom is -0.465 e. The zero-order valence-corrected chi connectivity index (χ0v) is 14.2. The third kappa shape index (κ3) is 2.15. The number of fused-ring (bicyclic) bond motifs is 1. The maximum atomic E-state index is 13.2. The average Bonchev–Trinajstić information content (AvgIpc) is 3.18. The SMILES string of the molecule is COC(=O)c1ccccc1[C@@H]1CN=N[C@]12Cc1c(C)cccc1C2=O. The topological polar surface area (TPSA) is 68.1 Å². The number of aryl methyl sites for hydroxylation is 1. The number of benzene rings is 2. The standard InChI is InChI=1S/C20H18N2O3/c1-12-6-5-9-14-16(12)10-20(18(14)23)17(11-21-22-20)13-7-3-4-8-15(13)19(24)25-2/h3-9,17H,10-11H2,1-2H3/t17-,20+/m0/s1. The molecular formula is C20H18N2O3. The molecule has 2 atom stereocenters. The number of esters is 1. The van der Waals surface area contributed by atoms with E-state index in [2.05, 4.69) is 10.2 Å². The van der Waals surface area contributed by atoms with Crippen LogP contribution >= 0.6 is 0 Å². The van der Waals surface area contributed by atoms with Crippen LogP contribution in [-0.2, 0) is 11.2 Å². The van der Waals surface area contributed by atoms with Crippen LogP contribution in [-0.4, -0.2) is 30.9 Å². The second-order valence-corrected chi connectivity index (χ2v) is 6.59. The number of hydrogen-bond donors (Lipinski definition) is 0. The summed E-state index contributed by atoms with van der Waals surface area (Å²) in [7, 11) is 1.36. The molecule has 0 amide bonds. The number of rotatable bonds is 2. The lowest BCUT2D eigenvalue weighted by Crippen LogP contribution is -2.39. The van der Waals surface area contributed by atoms with Crippen molar-refractivity contribution in [1.82, 2.24) is 0 Å². The maximum Gasteiger partial charge on any atom is 0.338 e. The monoisotopic (exact) mass is 334 g/mol. The van der Waals surface area contributed by atoms with Crippen molar-refractivity contribution >= 4 is 11.8 Å². The van der Waals surface area contributed by atoms with Gasteiger partial charge < -0.3 is 4.74 Å². The van der Waals surface area contributed by atoms with Crippen LogP contribution in [0.1, 0.15) is 43.3 Å². The Morgan fingerprint density at radius 2 is 2.00 bits per heavy atom. The minimum atomic E-state index is -0.946. The van der Waals surface area contributed by atoms with E-state index >= 15 is 0 Å². The molecule has 126 valence electrons. The van der Waals surface area contributed by atoms with Crippen molar-refractivity contribution in [2.24, 2.45) is 10.2 Å². The van der Waals surface area contributed by atoms with E-state index in [-0.39, 0.29) is 11.7 Å². The highest BCUT2D eigenvalue weighted by Gasteiger charge is 2.55. The zero-order valence-electron chi connectivity index (χ0n) is 14.2. The largest absolute Gasteiger partial charge is 0.465 e. The smallest absolute Gasteiger partial charge is 0.338 e. The fourth-order valence-electron chi connectivity index (χ4n) is 4.02. The van der Waals surface area contributed by atoms with E-state index in [4.69, 9.17) is 4.74 Å². The number of ketones is 1. The van der Waals surface area contributed by atoms with Crippen molar-refractivity contribution in [3.63, 3.8) is 0 Å². The summed E-state index contributed by atoms with van der Waals surface area (Å²) in [4.78, 5) is 25.4. The van der Waals surface area contributed by atoms with E-state index < -0.39 is 11.5 Å². The van der Waals surface area contributed by atoms with Crippen LogP contribution in [0, 0.1) is 6.92 Å². The Morgan fingerprint density at radius 1 is 1.20 bits per heavy atom. The lowest BCUT2D eigenvalue weighted by molar-refractivity contribution is 0.0597. The fraction of sp³-hybridized carbons (Fsp3) is 0.300. The van der Waals surface area contributed by atoms with Gasteiger partial charge in [0.25, 0.3) is 0 Å². The van der Waals surface area contributed by atoms with E-state index in [0.29, 0.717) is 18.5 Å². The van der Waals surface area contributed by atoms with Gasteiger partial charge in [-0.05, 0) is 29.7 Å². The summed E-state index contributed by atoms with van der Waals surface area (Å²) in [5.41, 5.74) is 3.15. The number of methoxy groups -OCH3 is 1. The molecular weight excluding hydrogens is 316 g/mol. The van der Waals surface area contributed by atoms with Crippen molar-refractivity contribution in [3.05, 3.63) is 70.3 Å². The molecule has 2 aliphatic rings. The molecule has 1 heterocycles. The normalized spacial score (nSPS) is 23.9. The number of carbonyl (C=O) groups excluding carboxylic acids is 2. The summed E-state index contributed by atoms with van der Waals surface area (Å²) in [6.07, 6.45) is 0.525. The lowest BCUT2D eigenvalue weighted by Gasteiger charge is -2.27. The van der Waals surface area contributed by atoms with Crippen LogP contribution in [0.15, 0.2) is 52.7 Å². The van der Waals surface area contributed by atoms with Crippen molar-refractivity contribution in [2.45, 2.75) is 24.8 Å². The molecule has 4 rings (SSSR count). The van der Waals surface area contributed by atoms with Crippen LogP contribution < -0.4 is 0 Å². The molecule has 1 aliphatic heterocycles. The molecule has 0 saturated heterocycles. The summed E-state index contributed by atoms with van der Waals surface area (Å²) in [5, 5.41) is 8.63. The molecule has 5 heteroatoms. The van der Waals surface area contributed by atoms with Crippen LogP contribution in [0.3, 0.4) is 0 Å². The molecule has 0 aromatic heterocycles. The first kappa shape index (κ1) is 15.7. The summed E-state index contributed by atoms with van der Waals surface area (Å²) in [6.45, 7) is 2.40. The third-order valence-electron chi connectivity index (χ3n) is 5.33. The highest BCUT2D eigenvalue weighted by atomic mass is 16.5. The molecule has 0 saturated carbocycles. The van der Waals surface area contributed by atoms with Gasteiger partial charge in [-0.15, -0.1) is 0 Å². The minimum absolute atomic E-state index is 0.00267. The average molecular weight is 334 g/mol. The molecule has 1 spiro atoms. The third-order valence-corrected chi connectivity index (χ3v) is 5.33. The summed E-state index contributed by atoms with van der Waals surface area (Å²) in [6, 6.07) is 13.0. The first-order valence-corrected chi connectivity index (χ1v) is 8.27. The maximum absolute atomic E-state index is 13.2. The predicted octanol–water partition coefficient (Wildman–Crippen LogP) is 3.51. The Bertz CT molecular complexity index is 919. The van der Waals surface area contributed by atoms with E-state index in [1.807, 2.05) is 37.3 Å². The summed E-state index contributed by atoms with van der Waals surface area (Å²) < 4.78 is 4.91. The van der Waals surface area contributed by atoms with Gasteiger partial charge in [-0.2, -0.15) is 10.2 Å². The first-order valence-electron chi connectivity index (χ1n) is 8.27. The van der Waals surface area contributed by atoms with Gasteiger partial charge in [0.1, 0.15) is 0 Å². The van der Waals surface area contributed by atoms with Gasteiger partial charge in [0, 0.05) is 17.9 Å². The number of nitrogens with zero attached hydrogens (tertiary/aromatic N) is 2. The Labute approximate surface area is 145 Å². The highest BCUT2D eigenvalue weighted by molar-refractivity contribution is 6.09. The van der Waals surface area contributed by atoms with Crippen LogP contribution in [0.5, 0.6) is 0 Å². The highest BCUT2D eigenvalue weighted by Crippen LogP contribution is 2.47. The Hall–Kier alpha value is -2.82. The van der Waals surface area contributed by atoms with E-state index in [1.165, 1.54) is 7.11 Å². The van der Waals surface area contributed by atoms with Gasteiger partial charge in [0.2, 0.25) is 0 Å². The van der Waals surface area contributed by atoms with Crippen LogP contribution in [0.4, 0.5) is 0 Å². The Balaban J connectivity index is 1.84. The second-order valence-electron chi connectivity index (χ2n) is 6.59.